The minimum absolute atomic E-state index is 0.0694. The third kappa shape index (κ3) is 3.37. The summed E-state index contributed by atoms with van der Waals surface area (Å²) < 4.78 is 1.51. The Labute approximate surface area is 196 Å². The van der Waals surface area contributed by atoms with Crippen molar-refractivity contribution in [3.8, 4) is 5.88 Å². The van der Waals surface area contributed by atoms with E-state index in [4.69, 9.17) is 0 Å². The van der Waals surface area contributed by atoms with Gasteiger partial charge in [-0.2, -0.15) is 5.10 Å². The Bertz CT molecular complexity index is 1070. The van der Waals surface area contributed by atoms with Crippen molar-refractivity contribution in [1.82, 2.24) is 9.78 Å². The number of Topliss-reactive ketones (excluding diaryl/α,β-unsaturated/α-hetero) is 1. The van der Waals surface area contributed by atoms with Crippen LogP contribution in [0.25, 0.3) is 10.9 Å². The Morgan fingerprint density at radius 3 is 2.64 bits per heavy atom. The lowest BCUT2D eigenvalue weighted by Gasteiger charge is -2.56. The lowest BCUT2D eigenvalue weighted by molar-refractivity contribution is -0.133. The number of aliphatic hydroxyl groups is 1. The third-order valence-electron chi connectivity index (χ3n) is 10.5. The zero-order valence-corrected chi connectivity index (χ0v) is 20.0. The van der Waals surface area contributed by atoms with Gasteiger partial charge in [-0.05, 0) is 112 Å². The van der Waals surface area contributed by atoms with Crippen LogP contribution in [0, 0.1) is 40.9 Å². The molecule has 4 aliphatic carbocycles. The molecule has 0 spiro atoms. The predicted octanol–water partition coefficient (Wildman–Crippen LogP) is 5.33. The summed E-state index contributed by atoms with van der Waals surface area (Å²) in [5, 5.41) is 26.4. The first-order valence-electron chi connectivity index (χ1n) is 13.2. The van der Waals surface area contributed by atoms with Crippen molar-refractivity contribution in [1.29, 1.82) is 0 Å². The van der Waals surface area contributed by atoms with Crippen molar-refractivity contribution in [2.24, 2.45) is 40.9 Å². The van der Waals surface area contributed by atoms with Gasteiger partial charge >= 0.3 is 0 Å². The molecule has 2 N–H and O–H groups in total. The van der Waals surface area contributed by atoms with E-state index in [1.54, 1.807) is 0 Å². The molecule has 0 unspecified atom stereocenters. The summed E-state index contributed by atoms with van der Waals surface area (Å²) in [6.07, 6.45) is 10.1. The van der Waals surface area contributed by atoms with E-state index in [-0.39, 0.29) is 29.5 Å². The van der Waals surface area contributed by atoms with Gasteiger partial charge in [-0.25, -0.2) is 4.68 Å². The van der Waals surface area contributed by atoms with E-state index in [2.05, 4.69) is 12.0 Å². The highest BCUT2D eigenvalue weighted by Crippen LogP contribution is 2.64. The Kier molecular flexibility index (Phi) is 4.96. The van der Waals surface area contributed by atoms with Crippen molar-refractivity contribution in [2.45, 2.75) is 83.8 Å². The fourth-order valence-electron chi connectivity index (χ4n) is 9.04. The standard InChI is InChI=1S/C28H38N2O3/c1-27(33)13-11-18-17(15-27)7-8-20-19(18)12-14-28(2)22(20)9-10-23(28)25(31)16-30-26(32)21-5-3-4-6-24(21)29-30/h3-6,17-20,22-23,32-33H,7-16H2,1-2H3/t17-,18+,19-,20-,22+,23-,27-,28+/m1/s1. The van der Waals surface area contributed by atoms with Gasteiger partial charge in [-0.3, -0.25) is 4.79 Å². The number of nitrogens with zero attached hydrogens (tertiary/aromatic N) is 2. The molecule has 4 saturated carbocycles. The van der Waals surface area contributed by atoms with Crippen LogP contribution in [0.5, 0.6) is 5.88 Å². The van der Waals surface area contributed by atoms with Crippen molar-refractivity contribution < 1.29 is 15.0 Å². The Hall–Kier alpha value is -1.88. The predicted molar refractivity (Wildman–Crippen MR) is 128 cm³/mol. The van der Waals surface area contributed by atoms with E-state index in [1.807, 2.05) is 31.2 Å². The summed E-state index contributed by atoms with van der Waals surface area (Å²) in [6.45, 7) is 4.59. The monoisotopic (exact) mass is 450 g/mol. The molecule has 0 amide bonds. The molecule has 8 atom stereocenters. The average molecular weight is 451 g/mol. The SMILES string of the molecule is C[C@@]1(O)CC[C@H]2[C@H](CC[C@@H]3[C@@H]2CC[C@]2(C)[C@@H](C(=O)Cn4nc5ccccc5c4O)CC[C@@H]32)C1. The van der Waals surface area contributed by atoms with Crippen LogP contribution >= 0.6 is 0 Å². The van der Waals surface area contributed by atoms with E-state index in [0.29, 0.717) is 17.2 Å². The zero-order chi connectivity index (χ0) is 23.0. The zero-order valence-electron chi connectivity index (χ0n) is 20.0. The van der Waals surface area contributed by atoms with E-state index in [0.717, 1.165) is 55.4 Å². The second-order valence-electron chi connectivity index (χ2n) is 12.3. The Balaban J connectivity index is 1.20. The van der Waals surface area contributed by atoms with E-state index < -0.39 is 5.60 Å². The van der Waals surface area contributed by atoms with Crippen LogP contribution in [-0.4, -0.2) is 31.4 Å². The summed E-state index contributed by atoms with van der Waals surface area (Å²) in [4.78, 5) is 13.6. The molecule has 4 fully saturated rings. The number of benzene rings is 1. The molecule has 5 heteroatoms. The number of aromatic nitrogens is 2. The number of carbonyl (C=O) groups excluding carboxylic acids is 1. The number of ketones is 1. The molecule has 0 radical (unpaired) electrons. The number of hydrogen-bond donors (Lipinski definition) is 2. The van der Waals surface area contributed by atoms with E-state index in [1.165, 1.54) is 30.4 Å². The van der Waals surface area contributed by atoms with Gasteiger partial charge in [0, 0.05) is 5.92 Å². The lowest BCUT2D eigenvalue weighted by Crippen LogP contribution is -2.51. The maximum Gasteiger partial charge on any atom is 0.217 e. The van der Waals surface area contributed by atoms with Crippen LogP contribution < -0.4 is 0 Å². The molecule has 5 nitrogen and oxygen atoms in total. The fraction of sp³-hybridized carbons (Fsp3) is 0.714. The smallest absolute Gasteiger partial charge is 0.217 e. The summed E-state index contributed by atoms with van der Waals surface area (Å²) in [6, 6.07) is 7.53. The molecular weight excluding hydrogens is 412 g/mol. The molecule has 6 rings (SSSR count). The molecule has 178 valence electrons. The van der Waals surface area contributed by atoms with Gasteiger partial charge in [0.1, 0.15) is 6.54 Å². The summed E-state index contributed by atoms with van der Waals surface area (Å²) in [7, 11) is 0. The minimum atomic E-state index is -0.467. The maximum atomic E-state index is 13.6. The van der Waals surface area contributed by atoms with Gasteiger partial charge in [0.05, 0.1) is 16.5 Å². The normalized spacial score (nSPS) is 42.5. The van der Waals surface area contributed by atoms with Gasteiger partial charge in [-0.15, -0.1) is 0 Å². The minimum Gasteiger partial charge on any atom is -0.493 e. The first-order valence-corrected chi connectivity index (χ1v) is 13.2. The summed E-state index contributed by atoms with van der Waals surface area (Å²) in [5.74, 6) is 4.04. The largest absolute Gasteiger partial charge is 0.493 e. The molecule has 33 heavy (non-hydrogen) atoms. The number of fused-ring (bicyclic) bond motifs is 6. The van der Waals surface area contributed by atoms with Gasteiger partial charge < -0.3 is 10.2 Å². The second kappa shape index (κ2) is 7.56. The second-order valence-corrected chi connectivity index (χ2v) is 12.3. The molecule has 0 saturated heterocycles. The number of hydrogen-bond acceptors (Lipinski definition) is 4. The van der Waals surface area contributed by atoms with E-state index in [9.17, 15) is 15.0 Å². The highest BCUT2D eigenvalue weighted by atomic mass is 16.3. The molecule has 2 aromatic rings. The Morgan fingerprint density at radius 1 is 1.03 bits per heavy atom. The Morgan fingerprint density at radius 2 is 1.82 bits per heavy atom. The molecule has 0 bridgehead atoms. The van der Waals surface area contributed by atoms with Crippen LogP contribution in [0.15, 0.2) is 24.3 Å². The van der Waals surface area contributed by atoms with Crippen LogP contribution in [-0.2, 0) is 11.3 Å². The molecule has 1 heterocycles. The highest BCUT2D eigenvalue weighted by molar-refractivity contribution is 5.86. The molecule has 0 aliphatic heterocycles. The molecule has 1 aromatic heterocycles. The highest BCUT2D eigenvalue weighted by Gasteiger charge is 2.58. The van der Waals surface area contributed by atoms with Crippen molar-refractivity contribution in [2.75, 3.05) is 0 Å². The fourth-order valence-corrected chi connectivity index (χ4v) is 9.04. The van der Waals surface area contributed by atoms with Crippen molar-refractivity contribution in [3.63, 3.8) is 0 Å². The van der Waals surface area contributed by atoms with E-state index >= 15 is 0 Å². The summed E-state index contributed by atoms with van der Waals surface area (Å²) in [5.41, 5.74) is 0.347. The lowest BCUT2D eigenvalue weighted by atomic mass is 9.49. The third-order valence-corrected chi connectivity index (χ3v) is 10.5. The average Bonchev–Trinajstić information content (AvgIpc) is 3.29. The van der Waals surface area contributed by atoms with Crippen LogP contribution in [0.4, 0.5) is 0 Å². The first kappa shape index (κ1) is 21.6. The summed E-state index contributed by atoms with van der Waals surface area (Å²) >= 11 is 0. The quantitative estimate of drug-likeness (QED) is 0.663. The van der Waals surface area contributed by atoms with Crippen molar-refractivity contribution >= 4 is 16.7 Å². The number of rotatable bonds is 3. The molecular formula is C28H38N2O3. The number of aromatic hydroxyl groups is 1. The van der Waals surface area contributed by atoms with Crippen molar-refractivity contribution in [3.05, 3.63) is 24.3 Å². The van der Waals surface area contributed by atoms with Gasteiger partial charge in [0.15, 0.2) is 5.78 Å². The van der Waals surface area contributed by atoms with Gasteiger partial charge in [-0.1, -0.05) is 19.1 Å². The maximum absolute atomic E-state index is 13.6. The topological polar surface area (TPSA) is 75.3 Å². The van der Waals surface area contributed by atoms with Crippen LogP contribution in [0.1, 0.15) is 71.6 Å². The molecule has 1 aromatic carbocycles. The molecule has 4 aliphatic rings. The van der Waals surface area contributed by atoms with Gasteiger partial charge in [0.25, 0.3) is 0 Å². The van der Waals surface area contributed by atoms with Crippen LogP contribution in [0.3, 0.4) is 0 Å². The first-order chi connectivity index (χ1) is 15.8. The van der Waals surface area contributed by atoms with Gasteiger partial charge in [0.2, 0.25) is 5.88 Å². The van der Waals surface area contributed by atoms with Crippen LogP contribution in [0.2, 0.25) is 0 Å². The number of carbonyl (C=O) groups is 1.